The number of methoxy groups -OCH3 is 1. The number of aliphatic imine (C=N–C) groups is 1. The van der Waals surface area contributed by atoms with Crippen molar-refractivity contribution in [1.29, 1.82) is 0 Å². The molecule has 6 nitrogen and oxygen atoms in total. The molecule has 0 atom stereocenters. The van der Waals surface area contributed by atoms with E-state index in [4.69, 9.17) is 14.5 Å². The minimum absolute atomic E-state index is 0.0123. The monoisotopic (exact) mass is 361 g/mol. The van der Waals surface area contributed by atoms with E-state index in [1.54, 1.807) is 7.11 Å². The van der Waals surface area contributed by atoms with Crippen LogP contribution in [0.2, 0.25) is 0 Å². The maximum atomic E-state index is 11.9. The lowest BCUT2D eigenvalue weighted by atomic mass is 9.97. The molecule has 1 saturated heterocycles. The topological polar surface area (TPSA) is 63.2 Å². The fourth-order valence-corrected chi connectivity index (χ4v) is 3.22. The van der Waals surface area contributed by atoms with Crippen LogP contribution < -0.4 is 10.1 Å². The van der Waals surface area contributed by atoms with Crippen molar-refractivity contribution in [2.75, 3.05) is 33.4 Å². The Bertz CT molecular complexity index is 623. The number of guanidine groups is 1. The summed E-state index contributed by atoms with van der Waals surface area (Å²) in [7, 11) is 1.68. The highest BCUT2D eigenvalue weighted by Gasteiger charge is 2.27. The van der Waals surface area contributed by atoms with Crippen molar-refractivity contribution in [2.24, 2.45) is 10.9 Å². The number of carbonyl (C=O) groups is 1. The van der Waals surface area contributed by atoms with Crippen LogP contribution in [0.5, 0.6) is 5.75 Å². The zero-order valence-corrected chi connectivity index (χ0v) is 16.4. The van der Waals surface area contributed by atoms with Gasteiger partial charge in [0.25, 0.3) is 0 Å². The van der Waals surface area contributed by atoms with E-state index >= 15 is 0 Å². The molecule has 1 aliphatic rings. The van der Waals surface area contributed by atoms with Gasteiger partial charge in [0.05, 0.1) is 26.2 Å². The fraction of sp³-hybridized carbons (Fsp3) is 0.600. The number of aryl methyl sites for hydroxylation is 1. The normalized spacial score (nSPS) is 15.7. The summed E-state index contributed by atoms with van der Waals surface area (Å²) in [6.45, 7) is 9.47. The van der Waals surface area contributed by atoms with E-state index in [0.29, 0.717) is 13.2 Å². The Hall–Kier alpha value is -2.24. The molecular weight excluding hydrogens is 330 g/mol. The first-order chi connectivity index (χ1) is 12.6. The van der Waals surface area contributed by atoms with Gasteiger partial charge in [-0.15, -0.1) is 0 Å². The van der Waals surface area contributed by atoms with E-state index in [0.717, 1.165) is 55.3 Å². The summed E-state index contributed by atoms with van der Waals surface area (Å²) in [5.74, 6) is 1.75. The zero-order valence-electron chi connectivity index (χ0n) is 16.4. The van der Waals surface area contributed by atoms with Crippen LogP contribution >= 0.6 is 0 Å². The maximum Gasteiger partial charge on any atom is 0.309 e. The van der Waals surface area contributed by atoms with Gasteiger partial charge in [0.1, 0.15) is 5.75 Å². The number of ether oxygens (including phenoxy) is 2. The second-order valence-electron chi connectivity index (χ2n) is 6.49. The first-order valence-electron chi connectivity index (χ1n) is 9.42. The highest BCUT2D eigenvalue weighted by Crippen LogP contribution is 2.20. The van der Waals surface area contributed by atoms with Crippen LogP contribution in [0.25, 0.3) is 0 Å². The van der Waals surface area contributed by atoms with Crippen molar-refractivity contribution in [3.8, 4) is 5.75 Å². The first kappa shape index (κ1) is 20.1. The summed E-state index contributed by atoms with van der Waals surface area (Å²) in [5, 5.41) is 3.36. The molecule has 1 fully saturated rings. The molecule has 0 aliphatic carbocycles. The number of nitrogens with zero attached hydrogens (tertiary/aromatic N) is 2. The van der Waals surface area contributed by atoms with E-state index in [1.165, 1.54) is 0 Å². The summed E-state index contributed by atoms with van der Waals surface area (Å²) in [6, 6.07) is 6.14. The van der Waals surface area contributed by atoms with Gasteiger partial charge in [-0.1, -0.05) is 12.1 Å². The lowest BCUT2D eigenvalue weighted by molar-refractivity contribution is -0.149. The lowest BCUT2D eigenvalue weighted by Gasteiger charge is -2.33. The molecule has 0 radical (unpaired) electrons. The summed E-state index contributed by atoms with van der Waals surface area (Å²) in [5.41, 5.74) is 2.26. The predicted octanol–water partition coefficient (Wildman–Crippen LogP) is 2.74. The van der Waals surface area contributed by atoms with Gasteiger partial charge in [-0.25, -0.2) is 4.99 Å². The van der Waals surface area contributed by atoms with Crippen LogP contribution in [-0.4, -0.2) is 50.2 Å². The largest absolute Gasteiger partial charge is 0.496 e. The third-order valence-corrected chi connectivity index (χ3v) is 4.62. The smallest absolute Gasteiger partial charge is 0.309 e. The SMILES string of the molecule is CCNC(=NCc1ccc(OC)c(C)c1)N1CCC(C(=O)OCC)CC1. The molecule has 0 aromatic heterocycles. The Morgan fingerprint density at radius 3 is 2.62 bits per heavy atom. The van der Waals surface area contributed by atoms with Gasteiger partial charge in [-0.05, 0) is 50.8 Å². The molecule has 1 aliphatic heterocycles. The van der Waals surface area contributed by atoms with Crippen molar-refractivity contribution in [2.45, 2.75) is 40.2 Å². The third kappa shape index (κ3) is 5.38. The number of carbonyl (C=O) groups excluding carboxylic acids is 1. The molecule has 1 heterocycles. The summed E-state index contributed by atoms with van der Waals surface area (Å²) < 4.78 is 10.5. The van der Waals surface area contributed by atoms with Gasteiger partial charge in [0.15, 0.2) is 5.96 Å². The van der Waals surface area contributed by atoms with Crippen molar-refractivity contribution in [3.63, 3.8) is 0 Å². The van der Waals surface area contributed by atoms with Crippen LogP contribution in [0.1, 0.15) is 37.8 Å². The zero-order chi connectivity index (χ0) is 18.9. The molecule has 1 aromatic carbocycles. The average molecular weight is 361 g/mol. The van der Waals surface area contributed by atoms with Crippen molar-refractivity contribution < 1.29 is 14.3 Å². The summed E-state index contributed by atoms with van der Waals surface area (Å²) in [6.07, 6.45) is 1.62. The number of rotatable bonds is 6. The molecule has 6 heteroatoms. The number of likely N-dealkylation sites (tertiary alicyclic amines) is 1. The van der Waals surface area contributed by atoms with Gasteiger partial charge in [0.2, 0.25) is 0 Å². The summed E-state index contributed by atoms with van der Waals surface area (Å²) >= 11 is 0. The Morgan fingerprint density at radius 1 is 1.31 bits per heavy atom. The van der Waals surface area contributed by atoms with Gasteiger partial charge in [-0.3, -0.25) is 4.79 Å². The number of hydrogen-bond acceptors (Lipinski definition) is 4. The minimum Gasteiger partial charge on any atom is -0.496 e. The van der Waals surface area contributed by atoms with E-state index in [9.17, 15) is 4.79 Å². The molecule has 0 bridgehead atoms. The minimum atomic E-state index is -0.0669. The van der Waals surface area contributed by atoms with Crippen LogP contribution in [0.15, 0.2) is 23.2 Å². The number of nitrogens with one attached hydrogen (secondary N) is 1. The molecule has 26 heavy (non-hydrogen) atoms. The summed E-state index contributed by atoms with van der Waals surface area (Å²) in [4.78, 5) is 18.9. The van der Waals surface area contributed by atoms with E-state index in [1.807, 2.05) is 26.0 Å². The maximum absolute atomic E-state index is 11.9. The fourth-order valence-electron chi connectivity index (χ4n) is 3.22. The van der Waals surface area contributed by atoms with Crippen LogP contribution in [-0.2, 0) is 16.1 Å². The number of benzene rings is 1. The highest BCUT2D eigenvalue weighted by molar-refractivity contribution is 5.80. The Balaban J connectivity index is 1.99. The van der Waals surface area contributed by atoms with E-state index in [2.05, 4.69) is 23.2 Å². The average Bonchev–Trinajstić information content (AvgIpc) is 2.65. The second-order valence-corrected chi connectivity index (χ2v) is 6.49. The molecular formula is C20H31N3O3. The van der Waals surface area contributed by atoms with Crippen LogP contribution in [0.4, 0.5) is 0 Å². The quantitative estimate of drug-likeness (QED) is 0.479. The Kier molecular flexibility index (Phi) is 7.75. The standard InChI is InChI=1S/C20H31N3O3/c1-5-21-20(22-14-16-7-8-18(25-4)15(3)13-16)23-11-9-17(10-12-23)19(24)26-6-2/h7-8,13,17H,5-6,9-12,14H2,1-4H3,(H,21,22). The van der Waals surface area contributed by atoms with E-state index < -0.39 is 0 Å². The molecule has 1 aromatic rings. The van der Waals surface area contributed by atoms with Crippen molar-refractivity contribution in [1.82, 2.24) is 10.2 Å². The number of hydrogen-bond donors (Lipinski definition) is 1. The van der Waals surface area contributed by atoms with Gasteiger partial charge >= 0.3 is 5.97 Å². The van der Waals surface area contributed by atoms with Gasteiger partial charge < -0.3 is 19.7 Å². The molecule has 0 saturated carbocycles. The van der Waals surface area contributed by atoms with Gasteiger partial charge in [-0.2, -0.15) is 0 Å². The molecule has 2 rings (SSSR count). The molecule has 0 spiro atoms. The van der Waals surface area contributed by atoms with Crippen molar-refractivity contribution >= 4 is 11.9 Å². The molecule has 0 unspecified atom stereocenters. The number of piperidine rings is 1. The van der Waals surface area contributed by atoms with E-state index in [-0.39, 0.29) is 11.9 Å². The molecule has 1 N–H and O–H groups in total. The molecule has 144 valence electrons. The second kappa shape index (κ2) is 10.0. The van der Waals surface area contributed by atoms with Crippen LogP contribution in [0.3, 0.4) is 0 Å². The highest BCUT2D eigenvalue weighted by atomic mass is 16.5. The predicted molar refractivity (Wildman–Crippen MR) is 103 cm³/mol. The van der Waals surface area contributed by atoms with Crippen molar-refractivity contribution in [3.05, 3.63) is 29.3 Å². The number of esters is 1. The Morgan fingerprint density at radius 2 is 2.04 bits per heavy atom. The lowest BCUT2D eigenvalue weighted by Crippen LogP contribution is -2.46. The first-order valence-corrected chi connectivity index (χ1v) is 9.42. The van der Waals surface area contributed by atoms with Gasteiger partial charge in [0, 0.05) is 19.6 Å². The Labute approximate surface area is 156 Å². The third-order valence-electron chi connectivity index (χ3n) is 4.62. The van der Waals surface area contributed by atoms with Crippen LogP contribution in [0, 0.1) is 12.8 Å². The molecule has 0 amide bonds.